The molecule has 88 valence electrons. The quantitative estimate of drug-likeness (QED) is 0.508. The average Bonchev–Trinajstić information content (AvgIpc) is 2.65. The first kappa shape index (κ1) is 12.4. The van der Waals surface area contributed by atoms with Gasteiger partial charge in [-0.2, -0.15) is 0 Å². The maximum absolute atomic E-state index is 11.6. The summed E-state index contributed by atoms with van der Waals surface area (Å²) in [6.07, 6.45) is 0.826. The molecule has 0 spiro atoms. The van der Waals surface area contributed by atoms with Crippen molar-refractivity contribution in [1.82, 2.24) is 21.1 Å². The van der Waals surface area contributed by atoms with Crippen molar-refractivity contribution in [3.8, 4) is 0 Å². The molecule has 15 heavy (non-hydrogen) atoms. The minimum atomic E-state index is -0.174. The van der Waals surface area contributed by atoms with E-state index >= 15 is 0 Å². The molecule has 1 rings (SSSR count). The van der Waals surface area contributed by atoms with Crippen molar-refractivity contribution in [2.75, 3.05) is 28.3 Å². The molecule has 0 aromatic carbocycles. The molecule has 0 radical (unpaired) electrons. The molecule has 3 unspecified atom stereocenters. The van der Waals surface area contributed by atoms with Crippen LogP contribution in [0.2, 0.25) is 0 Å². The molecular formula is C9H20N4O2. The Morgan fingerprint density at radius 1 is 1.33 bits per heavy atom. The van der Waals surface area contributed by atoms with Crippen molar-refractivity contribution in [3.05, 3.63) is 0 Å². The monoisotopic (exact) mass is 216 g/mol. The first-order valence-electron chi connectivity index (χ1n) is 5.07. The van der Waals surface area contributed by atoms with Gasteiger partial charge in [0.25, 0.3) is 0 Å². The van der Waals surface area contributed by atoms with E-state index in [9.17, 15) is 4.79 Å². The Kier molecular flexibility index (Phi) is 4.46. The lowest BCUT2D eigenvalue weighted by molar-refractivity contribution is -0.146. The van der Waals surface area contributed by atoms with Gasteiger partial charge in [0, 0.05) is 0 Å². The highest BCUT2D eigenvalue weighted by atomic mass is 16.5. The second-order valence-electron chi connectivity index (χ2n) is 3.53. The molecule has 0 aromatic rings. The molecular weight excluding hydrogens is 196 g/mol. The van der Waals surface area contributed by atoms with Crippen molar-refractivity contribution in [1.29, 1.82) is 0 Å². The van der Waals surface area contributed by atoms with Gasteiger partial charge in [-0.3, -0.25) is 10.2 Å². The summed E-state index contributed by atoms with van der Waals surface area (Å²) in [5.41, 5.74) is 3.08. The van der Waals surface area contributed by atoms with Gasteiger partial charge in [0.15, 0.2) is 0 Å². The molecule has 1 heterocycles. The van der Waals surface area contributed by atoms with Crippen LogP contribution in [-0.2, 0) is 9.53 Å². The molecule has 0 aromatic heterocycles. The summed E-state index contributed by atoms with van der Waals surface area (Å²) in [5.74, 6) is -0.322. The number of carbonyl (C=O) groups is 1. The van der Waals surface area contributed by atoms with Crippen molar-refractivity contribution in [2.45, 2.75) is 18.8 Å². The fourth-order valence-electron chi connectivity index (χ4n) is 2.14. The zero-order valence-electron chi connectivity index (χ0n) is 9.70. The van der Waals surface area contributed by atoms with Crippen molar-refractivity contribution in [2.24, 2.45) is 5.92 Å². The van der Waals surface area contributed by atoms with Crippen molar-refractivity contribution < 1.29 is 9.53 Å². The summed E-state index contributed by atoms with van der Waals surface area (Å²) in [5, 5.41) is 8.26. The first-order chi connectivity index (χ1) is 7.19. The van der Waals surface area contributed by atoms with Gasteiger partial charge < -0.3 is 15.4 Å². The molecule has 0 aliphatic carbocycles. The topological polar surface area (TPSA) is 65.6 Å². The van der Waals surface area contributed by atoms with E-state index in [0.29, 0.717) is 0 Å². The molecule has 1 fully saturated rings. The van der Waals surface area contributed by atoms with Crippen LogP contribution in [0.4, 0.5) is 0 Å². The second-order valence-corrected chi connectivity index (χ2v) is 3.53. The highest BCUT2D eigenvalue weighted by molar-refractivity contribution is 5.73. The van der Waals surface area contributed by atoms with Gasteiger partial charge in [0.05, 0.1) is 25.4 Å². The molecule has 0 bridgehead atoms. The lowest BCUT2D eigenvalue weighted by Gasteiger charge is -2.29. The third kappa shape index (κ3) is 2.28. The molecule has 1 aliphatic rings. The minimum Gasteiger partial charge on any atom is -0.469 e. The van der Waals surface area contributed by atoms with Gasteiger partial charge in [-0.1, -0.05) is 0 Å². The maximum Gasteiger partial charge on any atom is 0.311 e. The van der Waals surface area contributed by atoms with Crippen molar-refractivity contribution in [3.63, 3.8) is 0 Å². The smallest absolute Gasteiger partial charge is 0.311 e. The largest absolute Gasteiger partial charge is 0.469 e. The van der Waals surface area contributed by atoms with Crippen LogP contribution in [0.15, 0.2) is 0 Å². The molecule has 0 saturated carbocycles. The van der Waals surface area contributed by atoms with E-state index in [0.717, 1.165) is 6.42 Å². The number of methoxy groups -OCH3 is 1. The molecule has 0 amide bonds. The second kappa shape index (κ2) is 5.41. The van der Waals surface area contributed by atoms with Crippen LogP contribution < -0.4 is 16.1 Å². The fourth-order valence-corrected chi connectivity index (χ4v) is 2.14. The lowest BCUT2D eigenvalue weighted by atomic mass is 10.1. The predicted octanol–water partition coefficient (Wildman–Crippen LogP) is -1.29. The lowest BCUT2D eigenvalue weighted by Crippen LogP contribution is -2.55. The minimum absolute atomic E-state index is 0.0418. The van der Waals surface area contributed by atoms with Gasteiger partial charge in [-0.05, 0) is 27.6 Å². The number of hydrogen-bond acceptors (Lipinski definition) is 6. The van der Waals surface area contributed by atoms with Gasteiger partial charge in [0.2, 0.25) is 0 Å². The van der Waals surface area contributed by atoms with E-state index < -0.39 is 0 Å². The normalized spacial score (nSPS) is 31.9. The highest BCUT2D eigenvalue weighted by Crippen LogP contribution is 2.25. The molecule has 3 atom stereocenters. The standard InChI is InChI=1S/C9H20N4O2/c1-10-7-5-6(9(14)15-4)8(11-2)13(7)12-3/h6-8,10-12H,5H2,1-4H3. The number of ether oxygens (including phenoxy) is 1. The SMILES string of the molecule is CNC1CC(C(=O)OC)C(NC)N1NC. The van der Waals surface area contributed by atoms with Crippen LogP contribution in [0.3, 0.4) is 0 Å². The van der Waals surface area contributed by atoms with Crippen LogP contribution in [0.25, 0.3) is 0 Å². The van der Waals surface area contributed by atoms with E-state index in [1.54, 1.807) is 0 Å². The van der Waals surface area contributed by atoms with E-state index in [4.69, 9.17) is 4.74 Å². The van der Waals surface area contributed by atoms with Crippen LogP contribution >= 0.6 is 0 Å². The molecule has 1 saturated heterocycles. The Bertz CT molecular complexity index is 224. The van der Waals surface area contributed by atoms with Gasteiger partial charge in [0.1, 0.15) is 0 Å². The molecule has 1 aliphatic heterocycles. The number of esters is 1. The van der Waals surface area contributed by atoms with Crippen LogP contribution in [0.1, 0.15) is 6.42 Å². The highest BCUT2D eigenvalue weighted by Gasteiger charge is 2.43. The number of carbonyl (C=O) groups excluding carboxylic acids is 1. The zero-order valence-corrected chi connectivity index (χ0v) is 9.70. The summed E-state index contributed by atoms with van der Waals surface area (Å²) in [6.45, 7) is 0. The molecule has 3 N–H and O–H groups in total. The van der Waals surface area contributed by atoms with E-state index in [-0.39, 0.29) is 24.2 Å². The number of hydrazine groups is 1. The Balaban J connectivity index is 2.78. The summed E-state index contributed by atoms with van der Waals surface area (Å²) >= 11 is 0. The summed E-state index contributed by atoms with van der Waals surface area (Å²) < 4.78 is 4.79. The van der Waals surface area contributed by atoms with Crippen LogP contribution in [0, 0.1) is 5.92 Å². The van der Waals surface area contributed by atoms with E-state index in [2.05, 4.69) is 16.1 Å². The zero-order chi connectivity index (χ0) is 11.4. The summed E-state index contributed by atoms with van der Waals surface area (Å²) in [7, 11) is 6.98. The Labute approximate surface area is 90.3 Å². The number of hydrogen-bond donors (Lipinski definition) is 3. The van der Waals surface area contributed by atoms with Gasteiger partial charge in [-0.25, -0.2) is 5.01 Å². The van der Waals surface area contributed by atoms with Gasteiger partial charge >= 0.3 is 5.97 Å². The van der Waals surface area contributed by atoms with Gasteiger partial charge in [-0.15, -0.1) is 0 Å². The Morgan fingerprint density at radius 2 is 2.00 bits per heavy atom. The fraction of sp³-hybridized carbons (Fsp3) is 0.889. The maximum atomic E-state index is 11.6. The van der Waals surface area contributed by atoms with E-state index in [1.165, 1.54) is 7.11 Å². The molecule has 6 heteroatoms. The Hall–Kier alpha value is -0.690. The Morgan fingerprint density at radius 3 is 2.40 bits per heavy atom. The van der Waals surface area contributed by atoms with Crippen LogP contribution in [-0.4, -0.2) is 51.6 Å². The first-order valence-corrected chi connectivity index (χ1v) is 5.07. The van der Waals surface area contributed by atoms with Crippen LogP contribution in [0.5, 0.6) is 0 Å². The summed E-state index contributed by atoms with van der Waals surface area (Å²) in [4.78, 5) is 11.6. The number of nitrogens with one attached hydrogen (secondary N) is 3. The summed E-state index contributed by atoms with van der Waals surface area (Å²) in [6, 6.07) is 0. The number of nitrogens with zero attached hydrogens (tertiary/aromatic N) is 1. The van der Waals surface area contributed by atoms with E-state index in [1.807, 2.05) is 26.2 Å². The average molecular weight is 216 g/mol. The van der Waals surface area contributed by atoms with Crippen molar-refractivity contribution >= 4 is 5.97 Å². The predicted molar refractivity (Wildman–Crippen MR) is 56.7 cm³/mol. The third-order valence-corrected chi connectivity index (χ3v) is 2.88. The molecule has 6 nitrogen and oxygen atoms in total. The third-order valence-electron chi connectivity index (χ3n) is 2.88. The number of rotatable bonds is 4.